The number of methoxy groups -OCH3 is 1. The van der Waals surface area contributed by atoms with Crippen molar-refractivity contribution >= 4 is 10.1 Å². The number of hydrogen-bond acceptors (Lipinski definition) is 7. The molecule has 258 valence electrons. The van der Waals surface area contributed by atoms with Crippen molar-refractivity contribution in [1.82, 2.24) is 0 Å². The first kappa shape index (κ1) is 39.6. The SMILES string of the molecule is C#Cc1ccc(C)cc1Oc1ccc(Oc2c(F)c(F)c(-c3c(F)c(F)c(Oc4ccc(OC)cc4)c(F)c3F)c(F)c2F)c(S(=O)(=O)[O-])c1.[K+]. The van der Waals surface area contributed by atoms with Crippen molar-refractivity contribution in [2.75, 3.05) is 7.11 Å². The fraction of sp³-hybridized carbons (Fsp3) is 0.0588. The summed E-state index contributed by atoms with van der Waals surface area (Å²) in [5.41, 5.74) is -3.56. The minimum atomic E-state index is -5.57. The molecule has 0 aliphatic rings. The number of rotatable bonds is 9. The molecule has 0 heterocycles. The standard InChI is InChI=1S/C34H18F8O7S.K/c1-4-16-6-5-15(2)13-21(16)47-19-11-12-20(22(14-19)50(43,44)45)49-34-31(41)27(37)24(28(38)32(34)42)23-25(35)29(39)33(30(40)26(23)36)48-18-9-7-17(46-3)8-10-18;/h1,5-14H,2-3H3,(H,43,44,45);/q;+1/p-1. The van der Waals surface area contributed by atoms with E-state index in [0.29, 0.717) is 17.7 Å². The normalized spacial score (nSPS) is 11.0. The first-order chi connectivity index (χ1) is 23.6. The zero-order valence-corrected chi connectivity index (χ0v) is 30.1. The van der Waals surface area contributed by atoms with Crippen LogP contribution < -0.4 is 70.3 Å². The predicted molar refractivity (Wildman–Crippen MR) is 158 cm³/mol. The van der Waals surface area contributed by atoms with E-state index >= 15 is 26.3 Å². The third-order valence-corrected chi connectivity index (χ3v) is 7.75. The van der Waals surface area contributed by atoms with Crippen LogP contribution in [0.25, 0.3) is 11.1 Å². The Morgan fingerprint density at radius 3 is 1.55 bits per heavy atom. The topological polar surface area (TPSA) is 94.1 Å². The van der Waals surface area contributed by atoms with Gasteiger partial charge in [-0.1, -0.05) is 12.0 Å². The summed E-state index contributed by atoms with van der Waals surface area (Å²) >= 11 is 0. The van der Waals surface area contributed by atoms with Crippen LogP contribution in [0, 0.1) is 65.8 Å². The molecule has 7 nitrogen and oxygen atoms in total. The molecule has 0 fully saturated rings. The van der Waals surface area contributed by atoms with Gasteiger partial charge < -0.3 is 23.5 Å². The van der Waals surface area contributed by atoms with Crippen LogP contribution in [0.1, 0.15) is 11.1 Å². The molecule has 0 aliphatic carbocycles. The minimum Gasteiger partial charge on any atom is -0.744 e. The molecule has 0 radical (unpaired) electrons. The molecule has 0 atom stereocenters. The maximum atomic E-state index is 15.3. The van der Waals surface area contributed by atoms with Gasteiger partial charge in [0.1, 0.15) is 43.8 Å². The molecule has 5 rings (SSSR count). The van der Waals surface area contributed by atoms with E-state index in [0.717, 1.165) is 18.2 Å². The fourth-order valence-corrected chi connectivity index (χ4v) is 5.12. The zero-order valence-electron chi connectivity index (χ0n) is 26.1. The van der Waals surface area contributed by atoms with Crippen molar-refractivity contribution in [3.63, 3.8) is 0 Å². The van der Waals surface area contributed by atoms with Crippen LogP contribution in [0.2, 0.25) is 0 Å². The molecule has 0 saturated carbocycles. The third kappa shape index (κ3) is 7.87. The third-order valence-electron chi connectivity index (χ3n) is 6.89. The summed E-state index contributed by atoms with van der Waals surface area (Å²) in [5, 5.41) is 0. The quantitative estimate of drug-likeness (QED) is 0.0594. The number of ether oxygens (including phenoxy) is 4. The Hall–Kier alpha value is -4.15. The summed E-state index contributed by atoms with van der Waals surface area (Å²) in [6.45, 7) is 1.67. The van der Waals surface area contributed by atoms with Crippen molar-refractivity contribution in [3.05, 3.63) is 118 Å². The fourth-order valence-electron chi connectivity index (χ4n) is 4.50. The average molecular weight is 761 g/mol. The summed E-state index contributed by atoms with van der Waals surface area (Å²) in [6.07, 6.45) is 5.42. The van der Waals surface area contributed by atoms with Crippen molar-refractivity contribution < 1.29 is 118 Å². The van der Waals surface area contributed by atoms with Gasteiger partial charge in [-0.2, -0.15) is 17.6 Å². The first-order valence-corrected chi connectivity index (χ1v) is 15.0. The van der Waals surface area contributed by atoms with Crippen LogP contribution in [0.3, 0.4) is 0 Å². The van der Waals surface area contributed by atoms with Gasteiger partial charge in [-0.15, -0.1) is 6.42 Å². The zero-order chi connectivity index (χ0) is 36.7. The van der Waals surface area contributed by atoms with Gasteiger partial charge in [0.15, 0.2) is 23.3 Å². The van der Waals surface area contributed by atoms with Crippen molar-refractivity contribution in [2.45, 2.75) is 11.8 Å². The summed E-state index contributed by atoms with van der Waals surface area (Å²) in [5.74, 6) is -23.0. The molecule has 17 heteroatoms. The number of terminal acetylenes is 1. The van der Waals surface area contributed by atoms with E-state index < -0.39 is 89.9 Å². The number of halogens is 8. The smallest absolute Gasteiger partial charge is 0.744 e. The second-order valence-corrected chi connectivity index (χ2v) is 11.5. The van der Waals surface area contributed by atoms with E-state index in [1.54, 1.807) is 13.0 Å². The summed E-state index contributed by atoms with van der Waals surface area (Å²) < 4.78 is 177. The first-order valence-electron chi connectivity index (χ1n) is 13.6. The molecule has 0 bridgehead atoms. The van der Waals surface area contributed by atoms with Gasteiger partial charge in [-0.25, -0.2) is 26.0 Å². The second-order valence-electron chi connectivity index (χ2n) is 10.1. The second kappa shape index (κ2) is 15.6. The predicted octanol–water partition coefficient (Wildman–Crippen LogP) is 6.05. The monoisotopic (exact) mass is 760 g/mol. The molecule has 0 aliphatic heterocycles. The molecule has 0 saturated heterocycles. The largest absolute Gasteiger partial charge is 1.00 e. The molecule has 0 N–H and O–H groups in total. The Labute approximate surface area is 326 Å². The number of aryl methyl sites for hydroxylation is 1. The van der Waals surface area contributed by atoms with Gasteiger partial charge in [0.25, 0.3) is 0 Å². The summed E-state index contributed by atoms with van der Waals surface area (Å²) in [6, 6.07) is 11.4. The molecule has 0 amide bonds. The minimum absolute atomic E-state index is 0. The summed E-state index contributed by atoms with van der Waals surface area (Å²) in [4.78, 5) is -1.33. The van der Waals surface area contributed by atoms with Gasteiger partial charge >= 0.3 is 51.4 Å². The van der Waals surface area contributed by atoms with Gasteiger partial charge in [-0.3, -0.25) is 0 Å². The van der Waals surface area contributed by atoms with Gasteiger partial charge in [0.2, 0.25) is 34.8 Å². The molecule has 5 aromatic rings. The molecule has 0 aromatic heterocycles. The van der Waals surface area contributed by atoms with E-state index in [1.165, 1.54) is 31.4 Å². The van der Waals surface area contributed by atoms with E-state index in [1.807, 2.05) is 0 Å². The van der Waals surface area contributed by atoms with Gasteiger partial charge in [0, 0.05) is 6.07 Å². The Bertz CT molecular complexity index is 2270. The Morgan fingerprint density at radius 1 is 0.608 bits per heavy atom. The molecular weight excluding hydrogens is 744 g/mol. The average Bonchev–Trinajstić information content (AvgIpc) is 3.08. The number of benzene rings is 5. The molecule has 0 unspecified atom stereocenters. The Kier molecular flexibility index (Phi) is 12.1. The van der Waals surface area contributed by atoms with E-state index in [9.17, 15) is 21.8 Å². The Balaban J connectivity index is 0.00000583. The number of hydrogen-bond donors (Lipinski definition) is 0. The Morgan fingerprint density at radius 2 is 1.08 bits per heavy atom. The summed E-state index contributed by atoms with van der Waals surface area (Å²) in [7, 11) is -4.27. The van der Waals surface area contributed by atoms with Crippen molar-refractivity contribution in [1.29, 1.82) is 0 Å². The molecular formula is C34H17F8KO7S. The maximum Gasteiger partial charge on any atom is 1.00 e. The van der Waals surface area contributed by atoms with E-state index in [2.05, 4.69) is 5.92 Å². The van der Waals surface area contributed by atoms with Crippen LogP contribution in [-0.2, 0) is 10.1 Å². The van der Waals surface area contributed by atoms with Crippen molar-refractivity contribution in [2.24, 2.45) is 0 Å². The molecule has 51 heavy (non-hydrogen) atoms. The maximum absolute atomic E-state index is 15.3. The van der Waals surface area contributed by atoms with Crippen LogP contribution in [0.15, 0.2) is 65.6 Å². The van der Waals surface area contributed by atoms with Crippen LogP contribution in [-0.4, -0.2) is 20.1 Å². The van der Waals surface area contributed by atoms with Gasteiger partial charge in [-0.05, 0) is 61.0 Å². The van der Waals surface area contributed by atoms with Crippen LogP contribution in [0.4, 0.5) is 35.1 Å². The van der Waals surface area contributed by atoms with E-state index in [-0.39, 0.29) is 79.9 Å². The molecule has 0 spiro atoms. The van der Waals surface area contributed by atoms with Crippen molar-refractivity contribution in [3.8, 4) is 63.7 Å². The van der Waals surface area contributed by atoms with Crippen LogP contribution >= 0.6 is 0 Å². The van der Waals surface area contributed by atoms with Crippen LogP contribution in [0.5, 0.6) is 40.2 Å². The van der Waals surface area contributed by atoms with Gasteiger partial charge in [0.05, 0.1) is 23.8 Å². The van der Waals surface area contributed by atoms with E-state index in [4.69, 9.17) is 25.4 Å². The molecule has 5 aromatic carbocycles.